The molecule has 2 fully saturated rings. The summed E-state index contributed by atoms with van der Waals surface area (Å²) in [6, 6.07) is 0.609. The number of rotatable bonds is 2. The second-order valence-corrected chi connectivity index (χ2v) is 6.13. The molecule has 1 amide bonds. The van der Waals surface area contributed by atoms with E-state index in [-0.39, 0.29) is 18.0 Å². The first-order chi connectivity index (χ1) is 10.2. The topological polar surface area (TPSA) is 70.2 Å². The normalized spacial score (nSPS) is 29.9. The minimum atomic E-state index is -0.124. The minimum Gasteiger partial charge on any atom is -0.340 e. The zero-order valence-electron chi connectivity index (χ0n) is 12.5. The number of amides is 1. The van der Waals surface area contributed by atoms with Gasteiger partial charge in [0, 0.05) is 25.0 Å². The van der Waals surface area contributed by atoms with Gasteiger partial charge in [-0.15, -0.1) is 0 Å². The molecule has 0 aliphatic carbocycles. The predicted molar refractivity (Wildman–Crippen MR) is 80.5 cm³/mol. The molecule has 2 bridgehead atoms. The molecule has 0 radical (unpaired) electrons. The molecule has 0 saturated carbocycles. The Bertz CT molecular complexity index is 602. The lowest BCUT2D eigenvalue weighted by Crippen LogP contribution is -2.64. The molecule has 1 aromatic heterocycles. The summed E-state index contributed by atoms with van der Waals surface area (Å²) in [7, 11) is 0. The minimum absolute atomic E-state index is 0.0860. The van der Waals surface area contributed by atoms with Gasteiger partial charge in [-0.1, -0.05) is 13.8 Å². The van der Waals surface area contributed by atoms with E-state index in [1.807, 2.05) is 0 Å². The van der Waals surface area contributed by atoms with E-state index in [1.54, 1.807) is 0 Å². The quantitative estimate of drug-likeness (QED) is 0.844. The number of nitrogens with zero attached hydrogens (tertiary/aromatic N) is 3. The second kappa shape index (κ2) is 4.66. The summed E-state index contributed by atoms with van der Waals surface area (Å²) in [6.07, 6.45) is 3.84. The van der Waals surface area contributed by atoms with Crippen molar-refractivity contribution >= 4 is 17.4 Å². The summed E-state index contributed by atoms with van der Waals surface area (Å²) >= 11 is 0. The van der Waals surface area contributed by atoms with E-state index in [1.165, 1.54) is 0 Å². The zero-order valence-corrected chi connectivity index (χ0v) is 12.5. The molecule has 2 unspecified atom stereocenters. The summed E-state index contributed by atoms with van der Waals surface area (Å²) in [5, 5.41) is 6.63. The number of aryl methyl sites for hydroxylation is 2. The fourth-order valence-corrected chi connectivity index (χ4v) is 3.84. The summed E-state index contributed by atoms with van der Waals surface area (Å²) in [5.41, 5.74) is 1.78. The summed E-state index contributed by atoms with van der Waals surface area (Å²) < 4.78 is 0. The number of fused-ring (bicyclic) bond motifs is 6. The van der Waals surface area contributed by atoms with Crippen molar-refractivity contribution in [3.05, 3.63) is 11.5 Å². The van der Waals surface area contributed by atoms with E-state index in [0.29, 0.717) is 6.04 Å². The lowest BCUT2D eigenvalue weighted by molar-refractivity contribution is -0.118. The molecule has 4 heterocycles. The molecule has 2 saturated heterocycles. The number of carbonyl (C=O) groups excluding carboxylic acids is 1. The smallest absolute Gasteiger partial charge is 0.248 e. The van der Waals surface area contributed by atoms with Crippen LogP contribution in [0.1, 0.15) is 38.2 Å². The van der Waals surface area contributed by atoms with E-state index in [9.17, 15) is 4.79 Å². The molecule has 3 atom stereocenters. The van der Waals surface area contributed by atoms with Crippen LogP contribution in [0.25, 0.3) is 0 Å². The Labute approximate surface area is 124 Å². The van der Waals surface area contributed by atoms with E-state index in [2.05, 4.69) is 34.4 Å². The first-order valence-electron chi connectivity index (χ1n) is 7.94. The van der Waals surface area contributed by atoms with Gasteiger partial charge in [-0.05, 0) is 19.3 Å². The third kappa shape index (κ3) is 1.85. The Kier molecular flexibility index (Phi) is 2.89. The predicted octanol–water partition coefficient (Wildman–Crippen LogP) is 0.863. The van der Waals surface area contributed by atoms with Gasteiger partial charge in [0.15, 0.2) is 5.82 Å². The molecule has 4 rings (SSSR count). The maximum absolute atomic E-state index is 12.6. The highest BCUT2D eigenvalue weighted by molar-refractivity contribution is 6.04. The summed E-state index contributed by atoms with van der Waals surface area (Å²) in [4.78, 5) is 24.1. The van der Waals surface area contributed by atoms with Gasteiger partial charge in [0.2, 0.25) is 5.91 Å². The van der Waals surface area contributed by atoms with Crippen molar-refractivity contribution in [3.63, 3.8) is 0 Å². The van der Waals surface area contributed by atoms with Gasteiger partial charge in [-0.2, -0.15) is 0 Å². The second-order valence-electron chi connectivity index (χ2n) is 6.13. The maximum atomic E-state index is 12.6. The molecule has 21 heavy (non-hydrogen) atoms. The summed E-state index contributed by atoms with van der Waals surface area (Å²) in [5.74, 6) is 1.89. The molecular formula is C15H21N5O. The maximum Gasteiger partial charge on any atom is 0.248 e. The molecular weight excluding hydrogens is 266 g/mol. The lowest BCUT2D eigenvalue weighted by atomic mass is 10.0. The van der Waals surface area contributed by atoms with Gasteiger partial charge in [0.05, 0.1) is 5.69 Å². The number of hydrogen-bond donors (Lipinski definition) is 2. The number of piperazine rings is 1. The van der Waals surface area contributed by atoms with E-state index in [4.69, 9.17) is 4.98 Å². The highest BCUT2D eigenvalue weighted by Crippen LogP contribution is 2.38. The zero-order chi connectivity index (χ0) is 14.6. The van der Waals surface area contributed by atoms with Gasteiger partial charge in [-0.25, -0.2) is 9.97 Å². The van der Waals surface area contributed by atoms with Gasteiger partial charge >= 0.3 is 0 Å². The van der Waals surface area contributed by atoms with Crippen LogP contribution in [-0.2, 0) is 17.6 Å². The van der Waals surface area contributed by atoms with Gasteiger partial charge in [-0.3, -0.25) is 4.79 Å². The van der Waals surface area contributed by atoms with Crippen LogP contribution in [0, 0.1) is 0 Å². The molecule has 2 N–H and O–H groups in total. The fraction of sp³-hybridized carbons (Fsp3) is 0.667. The van der Waals surface area contributed by atoms with Crippen LogP contribution in [0.4, 0.5) is 11.5 Å². The number of hydrogen-bond acceptors (Lipinski definition) is 5. The highest BCUT2D eigenvalue weighted by Gasteiger charge is 2.47. The molecule has 3 aliphatic heterocycles. The monoisotopic (exact) mass is 287 g/mol. The van der Waals surface area contributed by atoms with Gasteiger partial charge in [0.25, 0.3) is 0 Å². The van der Waals surface area contributed by atoms with Crippen LogP contribution < -0.4 is 15.5 Å². The number of aromatic nitrogens is 2. The van der Waals surface area contributed by atoms with E-state index in [0.717, 1.165) is 55.3 Å². The first kappa shape index (κ1) is 13.0. The van der Waals surface area contributed by atoms with Crippen LogP contribution in [0.5, 0.6) is 0 Å². The molecule has 6 nitrogen and oxygen atoms in total. The average molecular weight is 287 g/mol. The van der Waals surface area contributed by atoms with Crippen LogP contribution in [0.15, 0.2) is 0 Å². The van der Waals surface area contributed by atoms with Gasteiger partial charge in [0.1, 0.15) is 17.6 Å². The number of anilines is 2. The molecule has 1 aromatic rings. The highest BCUT2D eigenvalue weighted by atomic mass is 16.2. The first-order valence-corrected chi connectivity index (χ1v) is 7.94. The Morgan fingerprint density at radius 3 is 2.86 bits per heavy atom. The van der Waals surface area contributed by atoms with Crippen molar-refractivity contribution in [2.75, 3.05) is 16.8 Å². The van der Waals surface area contributed by atoms with Crippen molar-refractivity contribution in [2.24, 2.45) is 0 Å². The van der Waals surface area contributed by atoms with Crippen molar-refractivity contribution < 1.29 is 4.79 Å². The van der Waals surface area contributed by atoms with Crippen molar-refractivity contribution in [2.45, 2.75) is 57.7 Å². The molecule has 6 heteroatoms. The van der Waals surface area contributed by atoms with E-state index >= 15 is 0 Å². The average Bonchev–Trinajstić information content (AvgIpc) is 2.87. The SMILES string of the molecule is CCc1nc(CC)c2c(n1)N1C[C@@H]3CCC(N3)C1C(=O)N2. The third-order valence-corrected chi connectivity index (χ3v) is 4.86. The summed E-state index contributed by atoms with van der Waals surface area (Å²) in [6.45, 7) is 5.01. The molecule has 0 spiro atoms. The third-order valence-electron chi connectivity index (χ3n) is 4.86. The molecule has 0 aromatic carbocycles. The Hall–Kier alpha value is -1.69. The molecule has 3 aliphatic rings. The molecule has 112 valence electrons. The van der Waals surface area contributed by atoms with Crippen molar-refractivity contribution in [1.29, 1.82) is 0 Å². The fourth-order valence-electron chi connectivity index (χ4n) is 3.84. The van der Waals surface area contributed by atoms with Crippen LogP contribution in [0.2, 0.25) is 0 Å². The van der Waals surface area contributed by atoms with Crippen LogP contribution >= 0.6 is 0 Å². The van der Waals surface area contributed by atoms with Crippen molar-refractivity contribution in [1.82, 2.24) is 15.3 Å². The Morgan fingerprint density at radius 1 is 1.24 bits per heavy atom. The van der Waals surface area contributed by atoms with Crippen LogP contribution in [-0.4, -0.2) is 40.5 Å². The van der Waals surface area contributed by atoms with E-state index < -0.39 is 0 Å². The largest absolute Gasteiger partial charge is 0.340 e. The lowest BCUT2D eigenvalue weighted by Gasteiger charge is -2.44. The van der Waals surface area contributed by atoms with Crippen LogP contribution in [0.3, 0.4) is 0 Å². The standard InChI is InChI=1S/C15H21N5O/c1-3-9-12-14(18-11(4-2)17-9)20-7-8-5-6-10(16-8)13(20)15(21)19-12/h8,10,13,16H,3-7H2,1-2H3,(H,19,21)/t8-,10?,13?/m0/s1. The van der Waals surface area contributed by atoms with Crippen molar-refractivity contribution in [3.8, 4) is 0 Å². The van der Waals surface area contributed by atoms with Gasteiger partial charge < -0.3 is 15.5 Å². The number of carbonyl (C=O) groups is 1. The Balaban J connectivity index is 1.85. The number of nitrogens with one attached hydrogen (secondary N) is 2. The Morgan fingerprint density at radius 2 is 2.10 bits per heavy atom.